The molecule has 0 unspecified atom stereocenters. The number of ether oxygens (including phenoxy) is 1. The van der Waals surface area contributed by atoms with Crippen LogP contribution in [0.5, 0.6) is 0 Å². The van der Waals surface area contributed by atoms with E-state index in [0.717, 1.165) is 11.5 Å². The fourth-order valence-corrected chi connectivity index (χ4v) is 2.33. The Morgan fingerprint density at radius 2 is 2.21 bits per heavy atom. The zero-order valence-corrected chi connectivity index (χ0v) is 11.1. The first-order valence-corrected chi connectivity index (χ1v) is 6.26. The quantitative estimate of drug-likeness (QED) is 0.720. The predicted molar refractivity (Wildman–Crippen MR) is 73.0 cm³/mol. The zero-order chi connectivity index (χ0) is 13.2. The van der Waals surface area contributed by atoms with Crippen molar-refractivity contribution < 1.29 is 9.26 Å². The van der Waals surface area contributed by atoms with Gasteiger partial charge in [0.15, 0.2) is 5.76 Å². The molecule has 0 fully saturated rings. The summed E-state index contributed by atoms with van der Waals surface area (Å²) in [6, 6.07) is 10.4. The standard InChI is InChI=1S/C15H16N2O2/c1-11-4-3-5-15-14(11)6-7-17(15)9-12-8-13(10-18-2)19-16-12/h3-8H,9-10H2,1-2H3. The minimum Gasteiger partial charge on any atom is -0.377 e. The van der Waals surface area contributed by atoms with Gasteiger partial charge in [0, 0.05) is 30.3 Å². The zero-order valence-electron chi connectivity index (χ0n) is 11.1. The van der Waals surface area contributed by atoms with E-state index in [1.54, 1.807) is 7.11 Å². The Labute approximate surface area is 111 Å². The summed E-state index contributed by atoms with van der Waals surface area (Å²) in [5.41, 5.74) is 3.42. The molecular formula is C15H16N2O2. The molecule has 19 heavy (non-hydrogen) atoms. The summed E-state index contributed by atoms with van der Waals surface area (Å²) in [5, 5.41) is 5.34. The molecule has 98 valence electrons. The minimum absolute atomic E-state index is 0.457. The number of fused-ring (bicyclic) bond motifs is 1. The van der Waals surface area contributed by atoms with Gasteiger partial charge < -0.3 is 13.8 Å². The molecule has 0 saturated carbocycles. The molecule has 0 aliphatic heterocycles. The number of nitrogens with zero attached hydrogens (tertiary/aromatic N) is 2. The van der Waals surface area contributed by atoms with Crippen LogP contribution in [0.15, 0.2) is 41.1 Å². The molecule has 3 rings (SSSR count). The van der Waals surface area contributed by atoms with Gasteiger partial charge in [0.25, 0.3) is 0 Å². The van der Waals surface area contributed by atoms with E-state index >= 15 is 0 Å². The molecule has 0 bridgehead atoms. The van der Waals surface area contributed by atoms with Gasteiger partial charge in [-0.05, 0) is 24.6 Å². The summed E-state index contributed by atoms with van der Waals surface area (Å²) in [6.45, 7) is 3.29. The summed E-state index contributed by atoms with van der Waals surface area (Å²) < 4.78 is 12.4. The first-order valence-electron chi connectivity index (χ1n) is 6.26. The average Bonchev–Trinajstić information content (AvgIpc) is 3.00. The normalized spacial score (nSPS) is 11.3. The number of methoxy groups -OCH3 is 1. The molecule has 2 aromatic heterocycles. The third-order valence-corrected chi connectivity index (χ3v) is 3.26. The molecule has 0 aliphatic carbocycles. The van der Waals surface area contributed by atoms with Gasteiger partial charge in [-0.15, -0.1) is 0 Å². The van der Waals surface area contributed by atoms with Crippen LogP contribution >= 0.6 is 0 Å². The lowest BCUT2D eigenvalue weighted by molar-refractivity contribution is 0.155. The molecule has 0 amide bonds. The van der Waals surface area contributed by atoms with E-state index in [1.165, 1.54) is 16.5 Å². The molecule has 1 aromatic carbocycles. The van der Waals surface area contributed by atoms with Crippen molar-refractivity contribution in [2.75, 3.05) is 7.11 Å². The fraction of sp³-hybridized carbons (Fsp3) is 0.267. The van der Waals surface area contributed by atoms with Crippen molar-refractivity contribution in [3.63, 3.8) is 0 Å². The second-order valence-electron chi connectivity index (χ2n) is 4.67. The highest BCUT2D eigenvalue weighted by atomic mass is 16.5. The summed E-state index contributed by atoms with van der Waals surface area (Å²) in [7, 11) is 1.64. The van der Waals surface area contributed by atoms with E-state index in [1.807, 2.05) is 6.07 Å². The van der Waals surface area contributed by atoms with Crippen molar-refractivity contribution >= 4 is 10.9 Å². The van der Waals surface area contributed by atoms with E-state index in [-0.39, 0.29) is 0 Å². The molecule has 3 aromatic rings. The lowest BCUT2D eigenvalue weighted by Gasteiger charge is -2.03. The Bertz CT molecular complexity index is 697. The average molecular weight is 256 g/mol. The van der Waals surface area contributed by atoms with Crippen LogP contribution in [0.2, 0.25) is 0 Å². The highest BCUT2D eigenvalue weighted by molar-refractivity contribution is 5.83. The Morgan fingerprint density at radius 1 is 1.32 bits per heavy atom. The lowest BCUT2D eigenvalue weighted by atomic mass is 10.1. The van der Waals surface area contributed by atoms with Gasteiger partial charge in [-0.25, -0.2) is 0 Å². The molecule has 4 nitrogen and oxygen atoms in total. The summed E-state index contributed by atoms with van der Waals surface area (Å²) in [6.07, 6.45) is 2.09. The van der Waals surface area contributed by atoms with E-state index in [0.29, 0.717) is 13.2 Å². The van der Waals surface area contributed by atoms with E-state index in [4.69, 9.17) is 9.26 Å². The number of rotatable bonds is 4. The van der Waals surface area contributed by atoms with Crippen LogP contribution in [0.4, 0.5) is 0 Å². The van der Waals surface area contributed by atoms with Crippen molar-refractivity contribution in [3.05, 3.63) is 53.5 Å². The number of hydrogen-bond acceptors (Lipinski definition) is 3. The molecular weight excluding hydrogens is 240 g/mol. The van der Waals surface area contributed by atoms with Crippen molar-refractivity contribution in [1.82, 2.24) is 9.72 Å². The van der Waals surface area contributed by atoms with Gasteiger partial charge in [0.2, 0.25) is 0 Å². The third-order valence-electron chi connectivity index (χ3n) is 3.26. The van der Waals surface area contributed by atoms with Crippen LogP contribution in [0.3, 0.4) is 0 Å². The number of hydrogen-bond donors (Lipinski definition) is 0. The second kappa shape index (κ2) is 4.90. The number of aromatic nitrogens is 2. The van der Waals surface area contributed by atoms with Crippen molar-refractivity contribution in [2.24, 2.45) is 0 Å². The van der Waals surface area contributed by atoms with E-state index in [9.17, 15) is 0 Å². The smallest absolute Gasteiger partial charge is 0.162 e. The van der Waals surface area contributed by atoms with Crippen LogP contribution in [0, 0.1) is 6.92 Å². The van der Waals surface area contributed by atoms with Crippen LogP contribution in [-0.4, -0.2) is 16.8 Å². The molecule has 0 N–H and O–H groups in total. The van der Waals surface area contributed by atoms with E-state index in [2.05, 4.69) is 47.1 Å². The van der Waals surface area contributed by atoms with Crippen LogP contribution in [0.25, 0.3) is 10.9 Å². The highest BCUT2D eigenvalue weighted by Gasteiger charge is 2.07. The van der Waals surface area contributed by atoms with Crippen LogP contribution in [0.1, 0.15) is 17.0 Å². The monoisotopic (exact) mass is 256 g/mol. The molecule has 4 heteroatoms. The van der Waals surface area contributed by atoms with Gasteiger partial charge in [-0.2, -0.15) is 0 Å². The van der Waals surface area contributed by atoms with Gasteiger partial charge >= 0.3 is 0 Å². The van der Waals surface area contributed by atoms with Crippen molar-refractivity contribution in [1.29, 1.82) is 0 Å². The SMILES string of the molecule is COCc1cc(Cn2ccc3c(C)cccc32)no1. The maximum atomic E-state index is 5.20. The van der Waals surface area contributed by atoms with Crippen molar-refractivity contribution in [3.8, 4) is 0 Å². The molecule has 0 saturated heterocycles. The van der Waals surface area contributed by atoms with Crippen molar-refractivity contribution in [2.45, 2.75) is 20.1 Å². The fourth-order valence-electron chi connectivity index (χ4n) is 2.33. The topological polar surface area (TPSA) is 40.2 Å². The van der Waals surface area contributed by atoms with E-state index < -0.39 is 0 Å². The van der Waals surface area contributed by atoms with Gasteiger partial charge in [0.1, 0.15) is 12.3 Å². The Morgan fingerprint density at radius 3 is 3.05 bits per heavy atom. The summed E-state index contributed by atoms with van der Waals surface area (Å²) in [5.74, 6) is 0.755. The molecule has 2 heterocycles. The molecule has 0 aliphatic rings. The Kier molecular flexibility index (Phi) is 3.09. The summed E-state index contributed by atoms with van der Waals surface area (Å²) in [4.78, 5) is 0. The highest BCUT2D eigenvalue weighted by Crippen LogP contribution is 2.20. The lowest BCUT2D eigenvalue weighted by Crippen LogP contribution is -1.97. The molecule has 0 radical (unpaired) electrons. The minimum atomic E-state index is 0.457. The maximum absolute atomic E-state index is 5.20. The number of aryl methyl sites for hydroxylation is 1. The first kappa shape index (κ1) is 12.0. The first-order chi connectivity index (χ1) is 9.28. The largest absolute Gasteiger partial charge is 0.377 e. The molecule has 0 atom stereocenters. The third kappa shape index (κ3) is 2.27. The molecule has 0 spiro atoms. The maximum Gasteiger partial charge on any atom is 0.162 e. The summed E-state index contributed by atoms with van der Waals surface area (Å²) >= 11 is 0. The predicted octanol–water partition coefficient (Wildman–Crippen LogP) is 3.13. The number of benzene rings is 1. The van der Waals surface area contributed by atoms with Crippen LogP contribution in [-0.2, 0) is 17.9 Å². The Balaban J connectivity index is 1.90. The van der Waals surface area contributed by atoms with Gasteiger partial charge in [0.05, 0.1) is 6.54 Å². The second-order valence-corrected chi connectivity index (χ2v) is 4.67. The van der Waals surface area contributed by atoms with Gasteiger partial charge in [-0.1, -0.05) is 17.3 Å². The Hall–Kier alpha value is -2.07. The van der Waals surface area contributed by atoms with Gasteiger partial charge in [-0.3, -0.25) is 0 Å². The van der Waals surface area contributed by atoms with Crippen LogP contribution < -0.4 is 0 Å².